The van der Waals surface area contributed by atoms with Crippen molar-refractivity contribution in [1.82, 2.24) is 0 Å². The minimum atomic E-state index is -0.782. The largest absolute Gasteiger partial charge is 0.478 e. The van der Waals surface area contributed by atoms with Gasteiger partial charge in [0.1, 0.15) is 0 Å². The molecular formula is C11H16O2. The molecule has 2 saturated carbocycles. The molecule has 0 aromatic heterocycles. The number of carboxylic acid groups (broad SMARTS) is 1. The summed E-state index contributed by atoms with van der Waals surface area (Å²) in [6.07, 6.45) is 5.15. The highest BCUT2D eigenvalue weighted by Gasteiger charge is 2.48. The van der Waals surface area contributed by atoms with Crippen molar-refractivity contribution in [2.75, 3.05) is 0 Å². The van der Waals surface area contributed by atoms with E-state index in [1.165, 1.54) is 30.9 Å². The van der Waals surface area contributed by atoms with E-state index < -0.39 is 5.97 Å². The standard InChI is InChI=1S/C11H16O2/c1-11(2)8-4-3-7(5-8)9(11)6-10(12)13/h6-8H,3-5H2,1-2H3,(H,12,13)/t7-,8+/m0/s1. The lowest BCUT2D eigenvalue weighted by molar-refractivity contribution is -0.131. The van der Waals surface area contributed by atoms with E-state index in [-0.39, 0.29) is 5.41 Å². The zero-order chi connectivity index (χ0) is 9.64. The zero-order valence-corrected chi connectivity index (χ0v) is 8.21. The van der Waals surface area contributed by atoms with Crippen LogP contribution >= 0.6 is 0 Å². The molecule has 0 saturated heterocycles. The van der Waals surface area contributed by atoms with E-state index >= 15 is 0 Å². The number of carboxylic acids is 1. The molecule has 72 valence electrons. The Morgan fingerprint density at radius 2 is 2.23 bits per heavy atom. The highest BCUT2D eigenvalue weighted by molar-refractivity contribution is 5.81. The van der Waals surface area contributed by atoms with Crippen molar-refractivity contribution in [2.45, 2.75) is 33.1 Å². The van der Waals surface area contributed by atoms with E-state index in [9.17, 15) is 4.79 Å². The van der Waals surface area contributed by atoms with Gasteiger partial charge in [0.2, 0.25) is 0 Å². The molecule has 2 fully saturated rings. The van der Waals surface area contributed by atoms with Crippen LogP contribution in [0.2, 0.25) is 0 Å². The molecule has 2 aliphatic carbocycles. The molecule has 13 heavy (non-hydrogen) atoms. The molecule has 2 heteroatoms. The molecule has 0 radical (unpaired) electrons. The summed E-state index contributed by atoms with van der Waals surface area (Å²) >= 11 is 0. The van der Waals surface area contributed by atoms with Gasteiger partial charge in [-0.1, -0.05) is 19.4 Å². The monoisotopic (exact) mass is 180 g/mol. The van der Waals surface area contributed by atoms with Crippen LogP contribution in [-0.4, -0.2) is 11.1 Å². The Morgan fingerprint density at radius 3 is 2.69 bits per heavy atom. The number of rotatable bonds is 1. The molecule has 0 spiro atoms. The Kier molecular flexibility index (Phi) is 1.76. The lowest BCUT2D eigenvalue weighted by atomic mass is 9.73. The second-order valence-corrected chi connectivity index (χ2v) is 4.87. The maximum Gasteiger partial charge on any atom is 0.328 e. The molecule has 2 bridgehead atoms. The Morgan fingerprint density at radius 1 is 1.54 bits per heavy atom. The summed E-state index contributed by atoms with van der Waals surface area (Å²) in [6.45, 7) is 4.37. The van der Waals surface area contributed by atoms with Crippen molar-refractivity contribution in [2.24, 2.45) is 17.3 Å². The van der Waals surface area contributed by atoms with Gasteiger partial charge in [0, 0.05) is 6.08 Å². The van der Waals surface area contributed by atoms with Gasteiger partial charge in [0.25, 0.3) is 0 Å². The maximum absolute atomic E-state index is 10.6. The highest BCUT2D eigenvalue weighted by Crippen LogP contribution is 2.58. The number of allylic oxidation sites excluding steroid dienone is 1. The van der Waals surface area contributed by atoms with Gasteiger partial charge in [0.05, 0.1) is 0 Å². The van der Waals surface area contributed by atoms with E-state index in [1.54, 1.807) is 0 Å². The maximum atomic E-state index is 10.6. The smallest absolute Gasteiger partial charge is 0.328 e. The van der Waals surface area contributed by atoms with Gasteiger partial charge in [-0.05, 0) is 36.5 Å². The molecule has 0 aliphatic heterocycles. The van der Waals surface area contributed by atoms with Gasteiger partial charge in [0.15, 0.2) is 0 Å². The van der Waals surface area contributed by atoms with Crippen molar-refractivity contribution in [3.63, 3.8) is 0 Å². The first-order valence-electron chi connectivity index (χ1n) is 4.97. The van der Waals surface area contributed by atoms with Gasteiger partial charge < -0.3 is 5.11 Å². The van der Waals surface area contributed by atoms with Crippen LogP contribution in [0.15, 0.2) is 11.6 Å². The first-order chi connectivity index (χ1) is 6.01. The summed E-state index contributed by atoms with van der Waals surface area (Å²) in [5.41, 5.74) is 1.32. The van der Waals surface area contributed by atoms with Crippen molar-refractivity contribution in [3.8, 4) is 0 Å². The van der Waals surface area contributed by atoms with Gasteiger partial charge in [-0.15, -0.1) is 0 Å². The molecule has 2 atom stereocenters. The summed E-state index contributed by atoms with van der Waals surface area (Å²) < 4.78 is 0. The molecule has 0 amide bonds. The second kappa shape index (κ2) is 2.60. The zero-order valence-electron chi connectivity index (χ0n) is 8.21. The average molecular weight is 180 g/mol. The van der Waals surface area contributed by atoms with Crippen LogP contribution in [0.5, 0.6) is 0 Å². The lowest BCUT2D eigenvalue weighted by Gasteiger charge is -2.32. The molecular weight excluding hydrogens is 164 g/mol. The van der Waals surface area contributed by atoms with E-state index in [0.717, 1.165) is 5.92 Å². The molecule has 2 aliphatic rings. The number of carbonyl (C=O) groups is 1. The van der Waals surface area contributed by atoms with Crippen LogP contribution in [0.1, 0.15) is 33.1 Å². The van der Waals surface area contributed by atoms with Gasteiger partial charge in [-0.25, -0.2) is 4.79 Å². The topological polar surface area (TPSA) is 37.3 Å². The van der Waals surface area contributed by atoms with Crippen LogP contribution < -0.4 is 0 Å². The Balaban J connectivity index is 2.34. The minimum Gasteiger partial charge on any atom is -0.478 e. The SMILES string of the molecule is CC1(C)C(=CC(=O)O)[C@H]2CC[C@@H]1C2. The summed E-state index contributed by atoms with van der Waals surface area (Å²) in [4.78, 5) is 10.6. The average Bonchev–Trinajstić information content (AvgIpc) is 2.53. The van der Waals surface area contributed by atoms with Crippen LogP contribution in [0, 0.1) is 17.3 Å². The molecule has 2 nitrogen and oxygen atoms in total. The number of hydrogen-bond donors (Lipinski definition) is 1. The lowest BCUT2D eigenvalue weighted by Crippen LogP contribution is -2.23. The van der Waals surface area contributed by atoms with Gasteiger partial charge >= 0.3 is 5.97 Å². The van der Waals surface area contributed by atoms with Crippen molar-refractivity contribution >= 4 is 5.97 Å². The Labute approximate surface area is 78.6 Å². The first kappa shape index (κ1) is 8.79. The molecule has 0 heterocycles. The Hall–Kier alpha value is -0.790. The van der Waals surface area contributed by atoms with Crippen LogP contribution in [0.3, 0.4) is 0 Å². The summed E-state index contributed by atoms with van der Waals surface area (Å²) in [7, 11) is 0. The third kappa shape index (κ3) is 1.19. The summed E-state index contributed by atoms with van der Waals surface area (Å²) in [5, 5.41) is 8.76. The molecule has 0 aromatic carbocycles. The van der Waals surface area contributed by atoms with Crippen molar-refractivity contribution in [3.05, 3.63) is 11.6 Å². The van der Waals surface area contributed by atoms with Crippen LogP contribution in [0.4, 0.5) is 0 Å². The third-order valence-electron chi connectivity index (χ3n) is 3.92. The quantitative estimate of drug-likeness (QED) is 0.629. The van der Waals surface area contributed by atoms with E-state index in [0.29, 0.717) is 5.92 Å². The van der Waals surface area contributed by atoms with E-state index in [2.05, 4.69) is 13.8 Å². The fourth-order valence-corrected chi connectivity index (χ4v) is 3.12. The summed E-state index contributed by atoms with van der Waals surface area (Å²) in [6, 6.07) is 0. The summed E-state index contributed by atoms with van der Waals surface area (Å²) in [5.74, 6) is 0.509. The van der Waals surface area contributed by atoms with E-state index in [1.807, 2.05) is 0 Å². The van der Waals surface area contributed by atoms with Crippen LogP contribution in [0.25, 0.3) is 0 Å². The number of fused-ring (bicyclic) bond motifs is 2. The molecule has 2 rings (SSSR count). The fourth-order valence-electron chi connectivity index (χ4n) is 3.12. The molecule has 0 unspecified atom stereocenters. The first-order valence-corrected chi connectivity index (χ1v) is 4.97. The normalized spacial score (nSPS) is 38.5. The second-order valence-electron chi connectivity index (χ2n) is 4.87. The molecule has 0 aromatic rings. The predicted molar refractivity (Wildman–Crippen MR) is 50.3 cm³/mol. The number of aliphatic carboxylic acids is 1. The third-order valence-corrected chi connectivity index (χ3v) is 3.92. The highest BCUT2D eigenvalue weighted by atomic mass is 16.4. The van der Waals surface area contributed by atoms with E-state index in [4.69, 9.17) is 5.11 Å². The number of hydrogen-bond acceptors (Lipinski definition) is 1. The molecule has 1 N–H and O–H groups in total. The van der Waals surface area contributed by atoms with Crippen molar-refractivity contribution < 1.29 is 9.90 Å². The minimum absolute atomic E-state index is 0.140. The van der Waals surface area contributed by atoms with Gasteiger partial charge in [-0.3, -0.25) is 0 Å². The predicted octanol–water partition coefficient (Wildman–Crippen LogP) is 2.45. The van der Waals surface area contributed by atoms with Gasteiger partial charge in [-0.2, -0.15) is 0 Å². The fraction of sp³-hybridized carbons (Fsp3) is 0.727. The Bertz CT molecular complexity index is 276. The van der Waals surface area contributed by atoms with Crippen molar-refractivity contribution in [1.29, 1.82) is 0 Å². The van der Waals surface area contributed by atoms with Crippen LogP contribution in [-0.2, 0) is 4.79 Å².